The van der Waals surface area contributed by atoms with E-state index in [0.717, 1.165) is 16.8 Å². The molecular formula is C19H21ClN2O4. The molecule has 0 radical (unpaired) electrons. The number of hydrogen-bond acceptors (Lipinski definition) is 5. The fourth-order valence-electron chi connectivity index (χ4n) is 2.22. The summed E-state index contributed by atoms with van der Waals surface area (Å²) >= 11 is 6.11. The second-order valence-electron chi connectivity index (χ2n) is 5.73. The maximum Gasteiger partial charge on any atom is 0.343 e. The summed E-state index contributed by atoms with van der Waals surface area (Å²) in [6.07, 6.45) is 0. The number of carbonyl (C=O) groups is 2. The predicted octanol–water partition coefficient (Wildman–Crippen LogP) is 3.56. The minimum Gasteiger partial charge on any atom is -0.482 e. The summed E-state index contributed by atoms with van der Waals surface area (Å²) in [5.74, 6) is -0.105. The van der Waals surface area contributed by atoms with Crippen molar-refractivity contribution in [2.75, 3.05) is 30.9 Å². The molecule has 0 saturated heterocycles. The normalized spacial score (nSPS) is 10.2. The van der Waals surface area contributed by atoms with Gasteiger partial charge in [-0.25, -0.2) is 4.79 Å². The summed E-state index contributed by atoms with van der Waals surface area (Å²) in [6.45, 7) is 3.75. The molecule has 2 rings (SSSR count). The zero-order valence-electron chi connectivity index (χ0n) is 14.9. The van der Waals surface area contributed by atoms with Crippen LogP contribution in [0.4, 0.5) is 11.4 Å². The molecule has 0 spiro atoms. The number of rotatable bonds is 7. The summed E-state index contributed by atoms with van der Waals surface area (Å²) in [5.41, 5.74) is 3.28. The number of benzene rings is 2. The van der Waals surface area contributed by atoms with Gasteiger partial charge in [-0.05, 0) is 55.3 Å². The van der Waals surface area contributed by atoms with Gasteiger partial charge in [0.2, 0.25) is 5.91 Å². The van der Waals surface area contributed by atoms with Crippen LogP contribution in [0.1, 0.15) is 11.1 Å². The second kappa shape index (κ2) is 9.10. The van der Waals surface area contributed by atoms with Crippen molar-refractivity contribution in [2.24, 2.45) is 0 Å². The fourth-order valence-corrected chi connectivity index (χ4v) is 2.50. The smallest absolute Gasteiger partial charge is 0.343 e. The average molecular weight is 377 g/mol. The number of methoxy groups -OCH3 is 1. The second-order valence-corrected chi connectivity index (χ2v) is 6.13. The van der Waals surface area contributed by atoms with Crippen molar-refractivity contribution >= 4 is 34.9 Å². The van der Waals surface area contributed by atoms with Crippen LogP contribution in [0.15, 0.2) is 36.4 Å². The molecule has 7 heteroatoms. The molecule has 0 aliphatic rings. The van der Waals surface area contributed by atoms with Crippen molar-refractivity contribution in [2.45, 2.75) is 13.8 Å². The van der Waals surface area contributed by atoms with Crippen LogP contribution in [0.3, 0.4) is 0 Å². The molecule has 0 saturated carbocycles. The first-order valence-electron chi connectivity index (χ1n) is 7.99. The van der Waals surface area contributed by atoms with E-state index in [1.54, 1.807) is 30.3 Å². The molecule has 2 aromatic rings. The minimum absolute atomic E-state index is 0.0907. The Morgan fingerprint density at radius 2 is 1.81 bits per heavy atom. The first-order chi connectivity index (χ1) is 12.4. The average Bonchev–Trinajstić information content (AvgIpc) is 2.61. The molecule has 2 N–H and O–H groups in total. The SMILES string of the molecule is COC(=O)COc1ccc(NCC(=O)Nc2ccc(C)cc2Cl)c(C)c1. The minimum atomic E-state index is -0.448. The summed E-state index contributed by atoms with van der Waals surface area (Å²) in [4.78, 5) is 23.2. The number of nitrogens with one attached hydrogen (secondary N) is 2. The first kappa shape index (κ1) is 19.6. The third kappa shape index (κ3) is 5.67. The molecule has 0 aromatic heterocycles. The fraction of sp³-hybridized carbons (Fsp3) is 0.263. The number of aryl methyl sites for hydroxylation is 2. The van der Waals surface area contributed by atoms with Crippen LogP contribution < -0.4 is 15.4 Å². The molecular weight excluding hydrogens is 356 g/mol. The predicted molar refractivity (Wildman–Crippen MR) is 102 cm³/mol. The van der Waals surface area contributed by atoms with Crippen LogP contribution in [0.2, 0.25) is 5.02 Å². The number of amides is 1. The quantitative estimate of drug-likeness (QED) is 0.722. The summed E-state index contributed by atoms with van der Waals surface area (Å²) in [5, 5.41) is 6.33. The molecule has 0 aliphatic carbocycles. The van der Waals surface area contributed by atoms with Gasteiger partial charge in [-0.3, -0.25) is 4.79 Å². The van der Waals surface area contributed by atoms with E-state index >= 15 is 0 Å². The van der Waals surface area contributed by atoms with Gasteiger partial charge in [0.1, 0.15) is 5.75 Å². The van der Waals surface area contributed by atoms with E-state index in [2.05, 4.69) is 15.4 Å². The molecule has 0 aliphatic heterocycles. The van der Waals surface area contributed by atoms with E-state index in [9.17, 15) is 9.59 Å². The number of carbonyl (C=O) groups excluding carboxylic acids is 2. The van der Waals surface area contributed by atoms with E-state index < -0.39 is 5.97 Å². The summed E-state index contributed by atoms with van der Waals surface area (Å²) < 4.78 is 9.85. The first-order valence-corrected chi connectivity index (χ1v) is 8.37. The van der Waals surface area contributed by atoms with Crippen LogP contribution in [-0.2, 0) is 14.3 Å². The van der Waals surface area contributed by atoms with Crippen molar-refractivity contribution in [3.05, 3.63) is 52.5 Å². The van der Waals surface area contributed by atoms with Gasteiger partial charge in [-0.15, -0.1) is 0 Å². The Morgan fingerprint density at radius 3 is 2.46 bits per heavy atom. The monoisotopic (exact) mass is 376 g/mol. The van der Waals surface area contributed by atoms with Gasteiger partial charge >= 0.3 is 5.97 Å². The third-order valence-electron chi connectivity index (χ3n) is 3.62. The van der Waals surface area contributed by atoms with E-state index in [1.165, 1.54) is 7.11 Å². The standard InChI is InChI=1S/C19H21ClN2O4/c1-12-4-6-17(15(20)8-12)22-18(23)10-21-16-7-5-14(9-13(16)2)26-11-19(24)25-3/h4-9,21H,10-11H2,1-3H3,(H,22,23). The number of esters is 1. The molecule has 2 aromatic carbocycles. The van der Waals surface area contributed by atoms with Crippen molar-refractivity contribution in [1.29, 1.82) is 0 Å². The van der Waals surface area contributed by atoms with E-state index in [-0.39, 0.29) is 19.1 Å². The van der Waals surface area contributed by atoms with Gasteiger partial charge in [-0.2, -0.15) is 0 Å². The van der Waals surface area contributed by atoms with Gasteiger partial charge in [-0.1, -0.05) is 17.7 Å². The van der Waals surface area contributed by atoms with Crippen LogP contribution in [0.25, 0.3) is 0 Å². The summed E-state index contributed by atoms with van der Waals surface area (Å²) in [7, 11) is 1.30. The van der Waals surface area contributed by atoms with E-state index in [4.69, 9.17) is 16.3 Å². The highest BCUT2D eigenvalue weighted by molar-refractivity contribution is 6.33. The van der Waals surface area contributed by atoms with Gasteiger partial charge in [0.25, 0.3) is 0 Å². The molecule has 0 bridgehead atoms. The van der Waals surface area contributed by atoms with Gasteiger partial charge in [0, 0.05) is 5.69 Å². The van der Waals surface area contributed by atoms with Crippen molar-refractivity contribution in [3.63, 3.8) is 0 Å². The number of ether oxygens (including phenoxy) is 2. The Kier molecular flexibility index (Phi) is 6.86. The largest absolute Gasteiger partial charge is 0.482 e. The zero-order valence-corrected chi connectivity index (χ0v) is 15.6. The van der Waals surface area contributed by atoms with E-state index in [0.29, 0.717) is 16.5 Å². The Bertz CT molecular complexity index is 808. The Morgan fingerprint density at radius 1 is 1.08 bits per heavy atom. The molecule has 138 valence electrons. The van der Waals surface area contributed by atoms with Crippen molar-refractivity contribution < 1.29 is 19.1 Å². The lowest BCUT2D eigenvalue weighted by Crippen LogP contribution is -2.22. The van der Waals surface area contributed by atoms with Crippen LogP contribution in [0.5, 0.6) is 5.75 Å². The summed E-state index contributed by atoms with van der Waals surface area (Å²) in [6, 6.07) is 10.7. The van der Waals surface area contributed by atoms with Gasteiger partial charge < -0.3 is 20.1 Å². The van der Waals surface area contributed by atoms with Crippen LogP contribution >= 0.6 is 11.6 Å². The third-order valence-corrected chi connectivity index (χ3v) is 3.93. The van der Waals surface area contributed by atoms with Crippen molar-refractivity contribution in [3.8, 4) is 5.75 Å². The zero-order chi connectivity index (χ0) is 19.1. The molecule has 0 fully saturated rings. The highest BCUT2D eigenvalue weighted by Crippen LogP contribution is 2.23. The topological polar surface area (TPSA) is 76.7 Å². The van der Waals surface area contributed by atoms with E-state index in [1.807, 2.05) is 19.9 Å². The lowest BCUT2D eigenvalue weighted by Gasteiger charge is -2.12. The molecule has 6 nitrogen and oxygen atoms in total. The highest BCUT2D eigenvalue weighted by atomic mass is 35.5. The molecule has 26 heavy (non-hydrogen) atoms. The number of hydrogen-bond donors (Lipinski definition) is 2. The molecule has 1 amide bonds. The lowest BCUT2D eigenvalue weighted by atomic mass is 10.2. The molecule has 0 atom stereocenters. The Hall–Kier alpha value is -2.73. The van der Waals surface area contributed by atoms with Gasteiger partial charge in [0.05, 0.1) is 24.4 Å². The van der Waals surface area contributed by atoms with Crippen molar-refractivity contribution in [1.82, 2.24) is 0 Å². The van der Waals surface area contributed by atoms with Gasteiger partial charge in [0.15, 0.2) is 6.61 Å². The van der Waals surface area contributed by atoms with Crippen LogP contribution in [-0.4, -0.2) is 32.1 Å². The number of anilines is 2. The maximum atomic E-state index is 12.1. The highest BCUT2D eigenvalue weighted by Gasteiger charge is 2.08. The Labute approximate surface area is 157 Å². The number of halogens is 1. The lowest BCUT2D eigenvalue weighted by molar-refractivity contribution is -0.142. The van der Waals surface area contributed by atoms with Crippen LogP contribution in [0, 0.1) is 13.8 Å². The maximum absolute atomic E-state index is 12.1. The molecule has 0 unspecified atom stereocenters. The molecule has 0 heterocycles. The Balaban J connectivity index is 1.90.